The molecule has 0 aliphatic carbocycles. The van der Waals surface area contributed by atoms with Crippen molar-refractivity contribution in [3.05, 3.63) is 45.3 Å². The zero-order valence-corrected chi connectivity index (χ0v) is 9.90. The van der Waals surface area contributed by atoms with Crippen LogP contribution in [0.3, 0.4) is 0 Å². The third kappa shape index (κ3) is 2.32. The average molecular weight is 222 g/mol. The minimum Gasteiger partial charge on any atom is -0.296 e. The smallest absolute Gasteiger partial charge is 0.296 e. The molecule has 0 aromatic carbocycles. The molecule has 0 saturated heterocycles. The molecule has 1 aromatic heterocycles. The number of aryl methyl sites for hydroxylation is 1. The first kappa shape index (κ1) is 12.5. The van der Waals surface area contributed by atoms with Crippen LogP contribution < -0.4 is 11.2 Å². The highest BCUT2D eigenvalue weighted by atomic mass is 16.2. The van der Waals surface area contributed by atoms with Gasteiger partial charge in [-0.15, -0.1) is 6.58 Å². The molecule has 0 atom stereocenters. The fourth-order valence-electron chi connectivity index (χ4n) is 1.70. The fraction of sp³-hybridized carbons (Fsp3) is 0.500. The molecule has 0 aliphatic rings. The number of allylic oxidation sites excluding steroid dienone is 1. The maximum absolute atomic E-state index is 11.9. The summed E-state index contributed by atoms with van der Waals surface area (Å²) in [5.41, 5.74) is 0.285. The number of nitrogens with zero attached hydrogens (tertiary/aromatic N) is 2. The molecule has 0 spiro atoms. The Balaban J connectivity index is 3.43. The van der Waals surface area contributed by atoms with Crippen molar-refractivity contribution in [3.8, 4) is 0 Å². The van der Waals surface area contributed by atoms with Crippen LogP contribution in [0.15, 0.2) is 28.4 Å². The van der Waals surface area contributed by atoms with E-state index in [1.54, 1.807) is 19.2 Å². The van der Waals surface area contributed by atoms with Crippen LogP contribution in [-0.2, 0) is 19.5 Å². The Morgan fingerprint density at radius 1 is 1.38 bits per heavy atom. The van der Waals surface area contributed by atoms with Crippen LogP contribution in [0.4, 0.5) is 0 Å². The molecule has 0 radical (unpaired) electrons. The summed E-state index contributed by atoms with van der Waals surface area (Å²) < 4.78 is 2.80. The summed E-state index contributed by atoms with van der Waals surface area (Å²) >= 11 is 0. The SMILES string of the molecule is C=CCn1cc(CCC)c(=O)n(CC)c1=O. The van der Waals surface area contributed by atoms with Gasteiger partial charge in [0.25, 0.3) is 5.56 Å². The molecular formula is C12H18N2O2. The highest BCUT2D eigenvalue weighted by Gasteiger charge is 2.08. The summed E-state index contributed by atoms with van der Waals surface area (Å²) in [4.78, 5) is 23.7. The van der Waals surface area contributed by atoms with Gasteiger partial charge in [-0.2, -0.15) is 0 Å². The maximum atomic E-state index is 11.9. The van der Waals surface area contributed by atoms with E-state index in [1.165, 1.54) is 9.13 Å². The van der Waals surface area contributed by atoms with E-state index in [9.17, 15) is 9.59 Å². The summed E-state index contributed by atoms with van der Waals surface area (Å²) in [5.74, 6) is 0. The molecular weight excluding hydrogens is 204 g/mol. The molecule has 0 aliphatic heterocycles. The quantitative estimate of drug-likeness (QED) is 0.702. The second-order valence-electron chi connectivity index (χ2n) is 3.68. The van der Waals surface area contributed by atoms with E-state index in [-0.39, 0.29) is 11.2 Å². The van der Waals surface area contributed by atoms with E-state index >= 15 is 0 Å². The second-order valence-corrected chi connectivity index (χ2v) is 3.68. The summed E-state index contributed by atoms with van der Waals surface area (Å²) in [5, 5.41) is 0. The number of rotatable bonds is 5. The lowest BCUT2D eigenvalue weighted by Gasteiger charge is -2.09. The van der Waals surface area contributed by atoms with Gasteiger partial charge in [0.15, 0.2) is 0 Å². The topological polar surface area (TPSA) is 44.0 Å². The Kier molecular flexibility index (Phi) is 4.28. The monoisotopic (exact) mass is 222 g/mol. The van der Waals surface area contributed by atoms with Crippen LogP contribution in [0, 0.1) is 0 Å². The van der Waals surface area contributed by atoms with Gasteiger partial charge in [0, 0.05) is 24.8 Å². The lowest BCUT2D eigenvalue weighted by molar-refractivity contribution is 0.589. The van der Waals surface area contributed by atoms with Gasteiger partial charge in [-0.05, 0) is 13.3 Å². The van der Waals surface area contributed by atoms with Crippen LogP contribution >= 0.6 is 0 Å². The van der Waals surface area contributed by atoms with Crippen molar-refractivity contribution in [1.29, 1.82) is 0 Å². The lowest BCUT2D eigenvalue weighted by atomic mass is 10.2. The highest BCUT2D eigenvalue weighted by molar-refractivity contribution is 5.06. The zero-order chi connectivity index (χ0) is 12.1. The summed E-state index contributed by atoms with van der Waals surface area (Å²) in [6, 6.07) is 0. The Hall–Kier alpha value is -1.58. The van der Waals surface area contributed by atoms with Gasteiger partial charge in [0.05, 0.1) is 0 Å². The largest absolute Gasteiger partial charge is 0.331 e. The minimum atomic E-state index is -0.257. The van der Waals surface area contributed by atoms with Crippen molar-refractivity contribution in [2.75, 3.05) is 0 Å². The number of hydrogen-bond acceptors (Lipinski definition) is 2. The van der Waals surface area contributed by atoms with E-state index in [1.807, 2.05) is 6.92 Å². The number of hydrogen-bond donors (Lipinski definition) is 0. The van der Waals surface area contributed by atoms with Gasteiger partial charge >= 0.3 is 5.69 Å². The van der Waals surface area contributed by atoms with E-state index in [0.29, 0.717) is 25.1 Å². The standard InChI is InChI=1S/C12H18N2O2/c1-4-7-10-9-13(8-5-2)12(16)14(6-3)11(10)15/h5,9H,2,4,6-8H2,1,3H3. The van der Waals surface area contributed by atoms with Gasteiger partial charge in [0.2, 0.25) is 0 Å². The summed E-state index contributed by atoms with van der Waals surface area (Å²) in [6.07, 6.45) is 4.91. The molecule has 0 unspecified atom stereocenters. The molecule has 0 N–H and O–H groups in total. The van der Waals surface area contributed by atoms with Gasteiger partial charge < -0.3 is 0 Å². The predicted molar refractivity (Wildman–Crippen MR) is 64.8 cm³/mol. The first-order valence-corrected chi connectivity index (χ1v) is 5.59. The van der Waals surface area contributed by atoms with Crippen molar-refractivity contribution in [2.45, 2.75) is 39.8 Å². The fourth-order valence-corrected chi connectivity index (χ4v) is 1.70. The van der Waals surface area contributed by atoms with E-state index in [2.05, 4.69) is 6.58 Å². The average Bonchev–Trinajstić information content (AvgIpc) is 2.26. The molecule has 0 bridgehead atoms. The van der Waals surface area contributed by atoms with Crippen LogP contribution in [0.5, 0.6) is 0 Å². The minimum absolute atomic E-state index is 0.158. The molecule has 0 fully saturated rings. The lowest BCUT2D eigenvalue weighted by Crippen LogP contribution is -2.40. The van der Waals surface area contributed by atoms with Gasteiger partial charge in [-0.25, -0.2) is 4.79 Å². The Morgan fingerprint density at radius 2 is 2.06 bits per heavy atom. The van der Waals surface area contributed by atoms with Gasteiger partial charge in [0.1, 0.15) is 0 Å². The van der Waals surface area contributed by atoms with Crippen LogP contribution in [0.1, 0.15) is 25.8 Å². The van der Waals surface area contributed by atoms with Gasteiger partial charge in [-0.3, -0.25) is 13.9 Å². The molecule has 4 heteroatoms. The molecule has 4 nitrogen and oxygen atoms in total. The molecule has 1 heterocycles. The Morgan fingerprint density at radius 3 is 2.56 bits per heavy atom. The van der Waals surface area contributed by atoms with E-state index in [0.717, 1.165) is 6.42 Å². The van der Waals surface area contributed by atoms with Crippen molar-refractivity contribution in [2.24, 2.45) is 0 Å². The molecule has 1 rings (SSSR count). The molecule has 88 valence electrons. The predicted octanol–water partition coefficient (Wildman–Crippen LogP) is 1.17. The van der Waals surface area contributed by atoms with Crippen LogP contribution in [0.2, 0.25) is 0 Å². The molecule has 1 aromatic rings. The highest BCUT2D eigenvalue weighted by Crippen LogP contribution is 1.95. The molecule has 0 saturated carbocycles. The zero-order valence-electron chi connectivity index (χ0n) is 9.90. The van der Waals surface area contributed by atoms with Crippen molar-refractivity contribution in [1.82, 2.24) is 9.13 Å². The van der Waals surface area contributed by atoms with Crippen molar-refractivity contribution < 1.29 is 0 Å². The Bertz CT molecular complexity index is 483. The first-order chi connectivity index (χ1) is 7.65. The normalized spacial score (nSPS) is 10.4. The van der Waals surface area contributed by atoms with E-state index < -0.39 is 0 Å². The van der Waals surface area contributed by atoms with E-state index in [4.69, 9.17) is 0 Å². The third-order valence-corrected chi connectivity index (χ3v) is 2.47. The first-order valence-electron chi connectivity index (χ1n) is 5.59. The summed E-state index contributed by atoms with van der Waals surface area (Å²) in [6.45, 7) is 8.27. The van der Waals surface area contributed by atoms with Crippen LogP contribution in [-0.4, -0.2) is 9.13 Å². The summed E-state index contributed by atoms with van der Waals surface area (Å²) in [7, 11) is 0. The third-order valence-electron chi connectivity index (χ3n) is 2.47. The van der Waals surface area contributed by atoms with Gasteiger partial charge in [-0.1, -0.05) is 19.4 Å². The Labute approximate surface area is 94.8 Å². The molecule has 0 amide bonds. The number of aromatic nitrogens is 2. The van der Waals surface area contributed by atoms with Crippen molar-refractivity contribution in [3.63, 3.8) is 0 Å². The van der Waals surface area contributed by atoms with Crippen molar-refractivity contribution >= 4 is 0 Å². The second kappa shape index (κ2) is 5.49. The van der Waals surface area contributed by atoms with Crippen LogP contribution in [0.25, 0.3) is 0 Å². The maximum Gasteiger partial charge on any atom is 0.331 e. The molecule has 16 heavy (non-hydrogen) atoms.